The number of hydrogen-bond acceptors (Lipinski definition) is 3. The zero-order chi connectivity index (χ0) is 14.0. The van der Waals surface area contributed by atoms with Crippen molar-refractivity contribution in [3.8, 4) is 0 Å². The fraction of sp³-hybridized carbons (Fsp3) is 0.0769. The molecule has 0 radical (unpaired) electrons. The van der Waals surface area contributed by atoms with Crippen molar-refractivity contribution >= 4 is 33.2 Å². The number of pyridine rings is 1. The van der Waals surface area contributed by atoms with Gasteiger partial charge in [0, 0.05) is 5.69 Å². The Bertz CT molecular complexity index is 646. The summed E-state index contributed by atoms with van der Waals surface area (Å²) in [6.07, 6.45) is 0. The lowest BCUT2D eigenvalue weighted by atomic mass is 10.1. The van der Waals surface area contributed by atoms with E-state index >= 15 is 0 Å². The van der Waals surface area contributed by atoms with Gasteiger partial charge in [-0.1, -0.05) is 0 Å². The van der Waals surface area contributed by atoms with Gasteiger partial charge >= 0.3 is 0 Å². The predicted molar refractivity (Wildman–Crippen MR) is 75.4 cm³/mol. The normalized spacial score (nSPS) is 10.3. The second-order valence-electron chi connectivity index (χ2n) is 3.96. The molecule has 2 rings (SSSR count). The van der Waals surface area contributed by atoms with Crippen molar-refractivity contribution in [2.24, 2.45) is 0 Å². The zero-order valence-electron chi connectivity index (χ0n) is 10.1. The van der Waals surface area contributed by atoms with Crippen molar-refractivity contribution in [1.82, 2.24) is 4.98 Å². The highest BCUT2D eigenvalue weighted by atomic mass is 79.9. The summed E-state index contributed by atoms with van der Waals surface area (Å²) in [4.78, 5) is 16.1. The maximum absolute atomic E-state index is 13.6. The van der Waals surface area contributed by atoms with E-state index in [9.17, 15) is 9.18 Å². The van der Waals surface area contributed by atoms with E-state index in [2.05, 4.69) is 26.2 Å². The van der Waals surface area contributed by atoms with E-state index in [1.54, 1.807) is 19.1 Å². The Morgan fingerprint density at radius 2 is 2.11 bits per heavy atom. The quantitative estimate of drug-likeness (QED) is 0.659. The smallest absolute Gasteiger partial charge is 0.258 e. The largest absolute Gasteiger partial charge is 0.399 e. The lowest BCUT2D eigenvalue weighted by Gasteiger charge is -2.09. The summed E-state index contributed by atoms with van der Waals surface area (Å²) >= 11 is 3.23. The molecule has 19 heavy (non-hydrogen) atoms. The fourth-order valence-electron chi connectivity index (χ4n) is 1.57. The van der Waals surface area contributed by atoms with Gasteiger partial charge in [-0.2, -0.15) is 0 Å². The second kappa shape index (κ2) is 5.36. The first-order valence-electron chi connectivity index (χ1n) is 5.47. The first-order valence-corrected chi connectivity index (χ1v) is 6.26. The van der Waals surface area contributed by atoms with Crippen LogP contribution in [0.25, 0.3) is 0 Å². The van der Waals surface area contributed by atoms with E-state index in [0.717, 1.165) is 6.07 Å². The van der Waals surface area contributed by atoms with Crippen LogP contribution in [0.5, 0.6) is 0 Å². The summed E-state index contributed by atoms with van der Waals surface area (Å²) in [7, 11) is 0. The molecule has 0 bridgehead atoms. The average molecular weight is 324 g/mol. The van der Waals surface area contributed by atoms with Crippen molar-refractivity contribution < 1.29 is 9.18 Å². The molecule has 4 nitrogen and oxygen atoms in total. The molecule has 1 amide bonds. The number of carbonyl (C=O) groups is 1. The third-order valence-corrected chi connectivity index (χ3v) is 2.98. The number of nitrogens with one attached hydrogen (secondary N) is 1. The molecule has 1 aromatic carbocycles. The Balaban J connectivity index is 2.25. The highest BCUT2D eigenvalue weighted by molar-refractivity contribution is 9.10. The van der Waals surface area contributed by atoms with Crippen LogP contribution in [-0.2, 0) is 0 Å². The lowest BCUT2D eigenvalue weighted by Crippen LogP contribution is -2.15. The number of aromatic nitrogens is 1. The average Bonchev–Trinajstić information content (AvgIpc) is 2.32. The summed E-state index contributed by atoms with van der Waals surface area (Å²) in [5.74, 6) is -1.19. The molecule has 0 unspecified atom stereocenters. The van der Waals surface area contributed by atoms with Crippen LogP contribution in [-0.4, -0.2) is 10.9 Å². The molecular formula is C13H11BrFN3O. The minimum atomic E-state index is -0.653. The van der Waals surface area contributed by atoms with Gasteiger partial charge in [0.05, 0.1) is 16.9 Å². The highest BCUT2D eigenvalue weighted by Gasteiger charge is 2.13. The van der Waals surface area contributed by atoms with E-state index in [0.29, 0.717) is 16.0 Å². The second-order valence-corrected chi connectivity index (χ2v) is 4.77. The van der Waals surface area contributed by atoms with Crippen LogP contribution in [0, 0.1) is 12.7 Å². The molecule has 3 N–H and O–H groups in total. The molecule has 0 aliphatic carbocycles. The van der Waals surface area contributed by atoms with Crippen LogP contribution in [0.1, 0.15) is 16.1 Å². The minimum absolute atomic E-state index is 0.0588. The van der Waals surface area contributed by atoms with E-state index in [4.69, 9.17) is 5.73 Å². The third-order valence-electron chi connectivity index (χ3n) is 2.54. The van der Waals surface area contributed by atoms with E-state index < -0.39 is 11.7 Å². The molecule has 0 saturated carbocycles. The van der Waals surface area contributed by atoms with Crippen LogP contribution >= 0.6 is 15.9 Å². The zero-order valence-corrected chi connectivity index (χ0v) is 11.7. The van der Waals surface area contributed by atoms with Crippen LogP contribution < -0.4 is 11.1 Å². The van der Waals surface area contributed by atoms with Crippen LogP contribution in [0.15, 0.2) is 34.9 Å². The Hall–Kier alpha value is -1.95. The first kappa shape index (κ1) is 13.5. The highest BCUT2D eigenvalue weighted by Crippen LogP contribution is 2.18. The topological polar surface area (TPSA) is 68.0 Å². The van der Waals surface area contributed by atoms with Crippen LogP contribution in [0.2, 0.25) is 0 Å². The van der Waals surface area contributed by atoms with Gasteiger partial charge in [0.1, 0.15) is 10.4 Å². The monoisotopic (exact) mass is 323 g/mol. The molecule has 0 atom stereocenters. The van der Waals surface area contributed by atoms with Crippen molar-refractivity contribution in [3.63, 3.8) is 0 Å². The molecule has 0 spiro atoms. The summed E-state index contributed by atoms with van der Waals surface area (Å²) in [6, 6.07) is 7.33. The summed E-state index contributed by atoms with van der Waals surface area (Å²) in [5, 5.41) is 2.61. The Morgan fingerprint density at radius 3 is 2.74 bits per heavy atom. The number of nitrogens with two attached hydrogens (primary N) is 1. The maximum Gasteiger partial charge on any atom is 0.258 e. The number of benzene rings is 1. The van der Waals surface area contributed by atoms with Crippen molar-refractivity contribution in [2.45, 2.75) is 6.92 Å². The number of carbonyl (C=O) groups excluding carboxylic acids is 1. The number of nitrogens with zero attached hydrogens (tertiary/aromatic N) is 1. The Morgan fingerprint density at radius 1 is 1.37 bits per heavy atom. The van der Waals surface area contributed by atoms with E-state index in [1.165, 1.54) is 12.1 Å². The fourth-order valence-corrected chi connectivity index (χ4v) is 1.97. The van der Waals surface area contributed by atoms with Crippen LogP contribution in [0.4, 0.5) is 15.8 Å². The lowest BCUT2D eigenvalue weighted by molar-refractivity contribution is 0.102. The van der Waals surface area contributed by atoms with E-state index in [1.807, 2.05) is 0 Å². The molecule has 2 aromatic rings. The van der Waals surface area contributed by atoms with Gasteiger partial charge in [-0.3, -0.25) is 4.79 Å². The summed E-state index contributed by atoms with van der Waals surface area (Å²) in [6.45, 7) is 1.75. The molecule has 98 valence electrons. The van der Waals surface area contributed by atoms with Gasteiger partial charge in [0.2, 0.25) is 0 Å². The maximum atomic E-state index is 13.6. The third kappa shape index (κ3) is 3.08. The van der Waals surface area contributed by atoms with E-state index in [-0.39, 0.29) is 11.3 Å². The molecule has 0 fully saturated rings. The van der Waals surface area contributed by atoms with Crippen molar-refractivity contribution in [1.29, 1.82) is 0 Å². The number of halogens is 2. The molecule has 1 aromatic heterocycles. The SMILES string of the molecule is Cc1nc(Br)ccc1NC(=O)c1ccc(N)cc1F. The van der Waals surface area contributed by atoms with Gasteiger partial charge in [-0.05, 0) is 53.2 Å². The van der Waals surface area contributed by atoms with Gasteiger partial charge < -0.3 is 11.1 Å². The molecule has 0 aliphatic heterocycles. The van der Waals surface area contributed by atoms with Crippen molar-refractivity contribution in [3.05, 3.63) is 52.0 Å². The molecule has 0 saturated heterocycles. The number of anilines is 2. The number of aryl methyl sites for hydroxylation is 1. The summed E-state index contributed by atoms with van der Waals surface area (Å²) < 4.78 is 14.3. The number of amides is 1. The Labute approximate surface area is 118 Å². The van der Waals surface area contributed by atoms with Gasteiger partial charge in [0.25, 0.3) is 5.91 Å². The minimum Gasteiger partial charge on any atom is -0.399 e. The van der Waals surface area contributed by atoms with Gasteiger partial charge in [-0.15, -0.1) is 0 Å². The molecule has 1 heterocycles. The predicted octanol–water partition coefficient (Wildman–Crippen LogP) is 3.13. The number of nitrogen functional groups attached to an aromatic ring is 1. The number of rotatable bonds is 2. The Kier molecular flexibility index (Phi) is 3.80. The first-order chi connectivity index (χ1) is 8.97. The van der Waals surface area contributed by atoms with Crippen LogP contribution in [0.3, 0.4) is 0 Å². The molecule has 6 heteroatoms. The van der Waals surface area contributed by atoms with Gasteiger partial charge in [-0.25, -0.2) is 9.37 Å². The summed E-state index contributed by atoms with van der Waals surface area (Å²) in [5.41, 5.74) is 6.82. The van der Waals surface area contributed by atoms with Gasteiger partial charge in [0.15, 0.2) is 0 Å². The molecule has 0 aliphatic rings. The molecular weight excluding hydrogens is 313 g/mol. The standard InChI is InChI=1S/C13H11BrFN3O/c1-7-11(4-5-12(14)17-7)18-13(19)9-3-2-8(16)6-10(9)15/h2-6H,16H2,1H3,(H,18,19). The van der Waals surface area contributed by atoms with Crippen molar-refractivity contribution in [2.75, 3.05) is 11.1 Å². The number of hydrogen-bond donors (Lipinski definition) is 2.